The van der Waals surface area contributed by atoms with Gasteiger partial charge in [-0.25, -0.2) is 8.78 Å². The maximum absolute atomic E-state index is 14.6. The summed E-state index contributed by atoms with van der Waals surface area (Å²) in [5.74, 6) is -0.615. The topological polar surface area (TPSA) is 11.4 Å². The number of hydrogen-bond donors (Lipinski definition) is 0. The van der Waals surface area contributed by atoms with Crippen LogP contribution in [0.15, 0.2) is 249 Å². The third kappa shape index (κ3) is 7.14. The molecule has 0 amide bonds. The predicted octanol–water partition coefficient (Wildman–Crippen LogP) is 17.6. The zero-order valence-corrected chi connectivity index (χ0v) is 36.3. The summed E-state index contributed by atoms with van der Waals surface area (Å²) < 4.78 is 31.6. The molecule has 0 saturated carbocycles. The second-order valence-electron chi connectivity index (χ2n) is 16.8. The van der Waals surface area contributed by atoms with E-state index in [0.29, 0.717) is 0 Å². The SMILES string of the molecule is Fc1ccc(N(c2ccccc2)c2cc(-c3ccc4c(c3)c3c5ccccc5c5ccccc5c3n4-c3ccc(-c4ccccc4)cc3)cc(N(c3ccccc3)c3ccc(F)cc3)c2)cc1. The van der Waals surface area contributed by atoms with Gasteiger partial charge in [0.15, 0.2) is 0 Å². The second-order valence-corrected chi connectivity index (χ2v) is 16.8. The number of benzene rings is 11. The maximum Gasteiger partial charge on any atom is 0.123 e. The lowest BCUT2D eigenvalue weighted by atomic mass is 9.95. The fraction of sp³-hybridized carbons (Fsp3) is 0. The molecule has 0 spiro atoms. The van der Waals surface area contributed by atoms with E-state index in [0.717, 1.165) is 72.9 Å². The van der Waals surface area contributed by atoms with E-state index >= 15 is 0 Å². The van der Waals surface area contributed by atoms with E-state index < -0.39 is 0 Å². The first-order valence-corrected chi connectivity index (χ1v) is 22.5. The van der Waals surface area contributed by atoms with Crippen LogP contribution in [0.5, 0.6) is 0 Å². The summed E-state index contributed by atoms with van der Waals surface area (Å²) in [4.78, 5) is 4.31. The summed E-state index contributed by atoms with van der Waals surface area (Å²) in [6, 6.07) is 83.8. The van der Waals surface area contributed by atoms with Gasteiger partial charge in [0.1, 0.15) is 11.6 Å². The number of para-hydroxylation sites is 2. The van der Waals surface area contributed by atoms with Crippen molar-refractivity contribution in [1.29, 1.82) is 0 Å². The summed E-state index contributed by atoms with van der Waals surface area (Å²) in [7, 11) is 0. The highest BCUT2D eigenvalue weighted by molar-refractivity contribution is 6.32. The van der Waals surface area contributed by atoms with E-state index in [9.17, 15) is 8.78 Å². The Morgan fingerprint density at radius 2 is 0.716 bits per heavy atom. The van der Waals surface area contributed by atoms with Crippen molar-refractivity contribution in [3.05, 3.63) is 260 Å². The number of fused-ring (bicyclic) bond motifs is 8. The molecule has 0 atom stereocenters. The first kappa shape index (κ1) is 39.8. The fourth-order valence-corrected chi connectivity index (χ4v) is 9.81. The molecule has 3 nitrogen and oxygen atoms in total. The van der Waals surface area contributed by atoms with Gasteiger partial charge in [0.25, 0.3) is 0 Å². The molecule has 12 aromatic rings. The summed E-state index contributed by atoms with van der Waals surface area (Å²) >= 11 is 0. The Labute approximate surface area is 387 Å². The molecule has 0 N–H and O–H groups in total. The van der Waals surface area contributed by atoms with E-state index in [2.05, 4.69) is 172 Å². The van der Waals surface area contributed by atoms with E-state index in [1.807, 2.05) is 66.7 Å². The smallest absolute Gasteiger partial charge is 0.123 e. The standard InChI is InChI=1S/C62H41F2N3/c63-46-27-33-50(34-28-46)65(48-16-6-2-7-17-48)53-38-45(39-54(41-53)66(49-18-8-3-9-19-49)51-35-29-47(64)30-36-51)44-26-37-60-59(40-44)61-57-22-12-10-20-55(57)56-21-11-13-23-58(56)62(61)67(60)52-31-24-43(25-32-52)42-14-4-1-5-15-42/h1-41H. The van der Waals surface area contributed by atoms with Crippen LogP contribution in [-0.4, -0.2) is 4.57 Å². The summed E-state index contributed by atoms with van der Waals surface area (Å²) in [5, 5.41) is 7.09. The van der Waals surface area contributed by atoms with Crippen LogP contribution in [0.1, 0.15) is 0 Å². The first-order chi connectivity index (χ1) is 33.1. The summed E-state index contributed by atoms with van der Waals surface area (Å²) in [5.41, 5.74) is 12.8. The molecule has 0 aliphatic carbocycles. The Hall–Kier alpha value is -8.80. The molecule has 0 unspecified atom stereocenters. The van der Waals surface area contributed by atoms with Crippen LogP contribution in [-0.2, 0) is 0 Å². The predicted molar refractivity (Wildman–Crippen MR) is 276 cm³/mol. The largest absolute Gasteiger partial charge is 0.310 e. The number of rotatable bonds is 9. The van der Waals surface area contributed by atoms with Crippen molar-refractivity contribution in [2.45, 2.75) is 0 Å². The highest BCUT2D eigenvalue weighted by atomic mass is 19.1. The van der Waals surface area contributed by atoms with Crippen molar-refractivity contribution in [1.82, 2.24) is 4.57 Å². The third-order valence-corrected chi connectivity index (χ3v) is 12.8. The molecule has 318 valence electrons. The van der Waals surface area contributed by atoms with Crippen LogP contribution in [0, 0.1) is 11.6 Å². The van der Waals surface area contributed by atoms with Crippen molar-refractivity contribution < 1.29 is 8.78 Å². The third-order valence-electron chi connectivity index (χ3n) is 12.8. The van der Waals surface area contributed by atoms with Gasteiger partial charge in [-0.3, -0.25) is 0 Å². The molecule has 67 heavy (non-hydrogen) atoms. The molecule has 0 saturated heterocycles. The van der Waals surface area contributed by atoms with Gasteiger partial charge in [-0.15, -0.1) is 0 Å². The molecule has 0 bridgehead atoms. The van der Waals surface area contributed by atoms with Crippen molar-refractivity contribution in [3.63, 3.8) is 0 Å². The van der Waals surface area contributed by atoms with Crippen molar-refractivity contribution in [3.8, 4) is 27.9 Å². The Kier molecular flexibility index (Phi) is 9.88. The van der Waals surface area contributed by atoms with Crippen LogP contribution in [0.2, 0.25) is 0 Å². The molecule has 12 rings (SSSR count). The molecule has 1 aromatic heterocycles. The van der Waals surface area contributed by atoms with Crippen LogP contribution in [0.25, 0.3) is 71.3 Å². The molecular weight excluding hydrogens is 825 g/mol. The zero-order valence-electron chi connectivity index (χ0n) is 36.3. The van der Waals surface area contributed by atoms with Gasteiger partial charge < -0.3 is 14.4 Å². The minimum absolute atomic E-state index is 0.308. The van der Waals surface area contributed by atoms with E-state index in [1.165, 1.54) is 56.8 Å². The Morgan fingerprint density at radius 3 is 1.27 bits per heavy atom. The Bertz CT molecular complexity index is 3630. The molecular formula is C62H41F2N3. The van der Waals surface area contributed by atoms with Crippen LogP contribution < -0.4 is 9.80 Å². The molecule has 0 radical (unpaired) electrons. The molecule has 0 fully saturated rings. The van der Waals surface area contributed by atoms with Crippen molar-refractivity contribution in [2.24, 2.45) is 0 Å². The van der Waals surface area contributed by atoms with Crippen molar-refractivity contribution >= 4 is 77.5 Å². The highest BCUT2D eigenvalue weighted by Crippen LogP contribution is 2.46. The van der Waals surface area contributed by atoms with E-state index in [1.54, 1.807) is 0 Å². The van der Waals surface area contributed by atoms with Gasteiger partial charge in [-0.1, -0.05) is 133 Å². The average molecular weight is 866 g/mol. The molecule has 5 heteroatoms. The molecule has 0 aliphatic heterocycles. The second kappa shape index (κ2) is 16.6. The Morgan fingerprint density at radius 1 is 0.284 bits per heavy atom. The number of hydrogen-bond acceptors (Lipinski definition) is 2. The van der Waals surface area contributed by atoms with Gasteiger partial charge >= 0.3 is 0 Å². The highest BCUT2D eigenvalue weighted by Gasteiger charge is 2.23. The van der Waals surface area contributed by atoms with Crippen LogP contribution >= 0.6 is 0 Å². The minimum Gasteiger partial charge on any atom is -0.310 e. The van der Waals surface area contributed by atoms with Gasteiger partial charge in [-0.05, 0) is 154 Å². The van der Waals surface area contributed by atoms with Gasteiger partial charge in [-0.2, -0.15) is 0 Å². The number of nitrogens with zero attached hydrogens (tertiary/aromatic N) is 3. The minimum atomic E-state index is -0.308. The zero-order chi connectivity index (χ0) is 44.8. The first-order valence-electron chi connectivity index (χ1n) is 22.5. The molecule has 11 aromatic carbocycles. The van der Waals surface area contributed by atoms with E-state index in [4.69, 9.17) is 0 Å². The average Bonchev–Trinajstić information content (AvgIpc) is 3.74. The van der Waals surface area contributed by atoms with Crippen molar-refractivity contribution in [2.75, 3.05) is 9.80 Å². The number of halogens is 2. The van der Waals surface area contributed by atoms with Gasteiger partial charge in [0, 0.05) is 56.0 Å². The molecule has 1 heterocycles. The number of anilines is 6. The fourth-order valence-electron chi connectivity index (χ4n) is 9.81. The normalized spacial score (nSPS) is 11.4. The quantitative estimate of drug-likeness (QED) is 0.134. The van der Waals surface area contributed by atoms with Gasteiger partial charge in [0.2, 0.25) is 0 Å². The lowest BCUT2D eigenvalue weighted by Crippen LogP contribution is -2.13. The summed E-state index contributed by atoms with van der Waals surface area (Å²) in [6.45, 7) is 0. The van der Waals surface area contributed by atoms with Crippen LogP contribution in [0.4, 0.5) is 42.9 Å². The molecule has 0 aliphatic rings. The monoisotopic (exact) mass is 865 g/mol. The summed E-state index contributed by atoms with van der Waals surface area (Å²) in [6.07, 6.45) is 0. The van der Waals surface area contributed by atoms with Crippen LogP contribution in [0.3, 0.4) is 0 Å². The van der Waals surface area contributed by atoms with E-state index in [-0.39, 0.29) is 11.6 Å². The maximum atomic E-state index is 14.6. The van der Waals surface area contributed by atoms with Gasteiger partial charge in [0.05, 0.1) is 11.0 Å². The number of aromatic nitrogens is 1. The lowest BCUT2D eigenvalue weighted by molar-refractivity contribution is 0.627. The Balaban J connectivity index is 1.14. The lowest BCUT2D eigenvalue weighted by Gasteiger charge is -2.30.